The predicted molar refractivity (Wildman–Crippen MR) is 291 cm³/mol. The second kappa shape index (κ2) is 19.1. The molecule has 0 N–H and O–H groups in total. The van der Waals surface area contributed by atoms with Crippen LogP contribution in [0.3, 0.4) is 0 Å². The fraction of sp³-hybridized carbons (Fsp3) is 0.0308. The van der Waals surface area contributed by atoms with Crippen molar-refractivity contribution in [2.45, 2.75) is 13.8 Å². The van der Waals surface area contributed by atoms with E-state index >= 15 is 0 Å². The average Bonchev–Trinajstić information content (AvgIpc) is 3.44. The Balaban J connectivity index is 0.00000257. The number of para-hydroxylation sites is 1. The molecule has 12 aromatic rings. The average molecular weight is 885 g/mol. The van der Waals surface area contributed by atoms with Crippen LogP contribution in [0.2, 0.25) is 0 Å². The molecular formula is C65H48N4. The zero-order chi connectivity index (χ0) is 46.5. The van der Waals surface area contributed by atoms with E-state index in [4.69, 9.17) is 15.0 Å². The Kier molecular flexibility index (Phi) is 11.8. The van der Waals surface area contributed by atoms with E-state index in [-0.39, 0.29) is 0 Å². The van der Waals surface area contributed by atoms with E-state index in [1.165, 1.54) is 26.9 Å². The molecule has 4 heteroatoms. The van der Waals surface area contributed by atoms with Gasteiger partial charge in [0, 0.05) is 33.6 Å². The van der Waals surface area contributed by atoms with Crippen molar-refractivity contribution in [2.75, 3.05) is 4.90 Å². The lowest BCUT2D eigenvalue weighted by Crippen LogP contribution is -2.11. The van der Waals surface area contributed by atoms with Gasteiger partial charge < -0.3 is 4.90 Å². The van der Waals surface area contributed by atoms with E-state index in [0.29, 0.717) is 17.5 Å². The van der Waals surface area contributed by atoms with Crippen molar-refractivity contribution in [3.8, 4) is 67.5 Å². The van der Waals surface area contributed by atoms with E-state index in [2.05, 4.69) is 199 Å². The Morgan fingerprint density at radius 1 is 0.246 bits per heavy atom. The van der Waals surface area contributed by atoms with Crippen molar-refractivity contribution in [1.82, 2.24) is 15.0 Å². The van der Waals surface area contributed by atoms with E-state index in [0.717, 1.165) is 72.5 Å². The number of rotatable bonds is 9. The zero-order valence-corrected chi connectivity index (χ0v) is 38.5. The van der Waals surface area contributed by atoms with Crippen LogP contribution in [0.25, 0.3) is 99.9 Å². The van der Waals surface area contributed by atoms with Crippen LogP contribution < -0.4 is 4.90 Å². The summed E-state index contributed by atoms with van der Waals surface area (Å²) >= 11 is 0. The predicted octanol–water partition coefficient (Wildman–Crippen LogP) is 17.8. The van der Waals surface area contributed by atoms with Crippen molar-refractivity contribution in [3.05, 3.63) is 255 Å². The Morgan fingerprint density at radius 3 is 1.16 bits per heavy atom. The van der Waals surface area contributed by atoms with E-state index in [9.17, 15) is 0 Å². The molecule has 0 atom stereocenters. The fourth-order valence-electron chi connectivity index (χ4n) is 9.45. The molecular weight excluding hydrogens is 837 g/mol. The zero-order valence-electron chi connectivity index (χ0n) is 38.5. The molecule has 11 aromatic carbocycles. The summed E-state index contributed by atoms with van der Waals surface area (Å²) in [6.07, 6.45) is 0. The molecule has 0 saturated carbocycles. The standard InChI is InChI=1S/C63H42N4.C2H6/c1-6-20-43(21-7-1)49-38-50(44-22-8-2-9-23-44)40-52(39-49)67(60-33-19-18-30-53(60)45-24-10-3-11-25-45)51-35-37-57-56-36-34-48(41-58(56)54-31-16-17-32-55(54)59(57)42-51)63-65-61(46-26-12-4-13-27-46)64-62(66-63)47-28-14-5-15-29-47;1-2/h1-42H;1-2H3. The smallest absolute Gasteiger partial charge is 0.164 e. The van der Waals surface area contributed by atoms with E-state index in [1.807, 2.05) is 74.5 Å². The Hall–Kier alpha value is -8.99. The molecule has 1 aromatic heterocycles. The van der Waals surface area contributed by atoms with Crippen LogP contribution in [0.4, 0.5) is 17.1 Å². The highest BCUT2D eigenvalue weighted by Crippen LogP contribution is 2.46. The third-order valence-corrected chi connectivity index (χ3v) is 12.7. The topological polar surface area (TPSA) is 41.9 Å². The Morgan fingerprint density at radius 2 is 0.638 bits per heavy atom. The molecule has 0 aliphatic rings. The van der Waals surface area contributed by atoms with Crippen molar-refractivity contribution >= 4 is 49.4 Å². The lowest BCUT2D eigenvalue weighted by Gasteiger charge is -2.29. The molecule has 0 aliphatic carbocycles. The number of benzene rings is 11. The van der Waals surface area contributed by atoms with Crippen LogP contribution in [-0.2, 0) is 0 Å². The highest BCUT2D eigenvalue weighted by Gasteiger charge is 2.21. The number of anilines is 3. The number of aromatic nitrogens is 3. The number of hydrogen-bond donors (Lipinski definition) is 0. The Bertz CT molecular complexity index is 3590. The lowest BCUT2D eigenvalue weighted by atomic mass is 9.92. The van der Waals surface area contributed by atoms with Crippen LogP contribution in [0, 0.1) is 0 Å². The first-order valence-electron chi connectivity index (χ1n) is 23.7. The molecule has 0 radical (unpaired) electrons. The van der Waals surface area contributed by atoms with Crippen LogP contribution >= 0.6 is 0 Å². The molecule has 0 aliphatic heterocycles. The first kappa shape index (κ1) is 42.6. The maximum atomic E-state index is 5.09. The van der Waals surface area contributed by atoms with Gasteiger partial charge in [0.2, 0.25) is 0 Å². The van der Waals surface area contributed by atoms with Gasteiger partial charge in [-0.15, -0.1) is 0 Å². The summed E-state index contributed by atoms with van der Waals surface area (Å²) in [5.74, 6) is 1.92. The van der Waals surface area contributed by atoms with Gasteiger partial charge in [0.1, 0.15) is 0 Å². The molecule has 0 unspecified atom stereocenters. The Labute approximate surface area is 403 Å². The molecule has 12 rings (SSSR count). The van der Waals surface area contributed by atoms with Gasteiger partial charge in [-0.3, -0.25) is 0 Å². The van der Waals surface area contributed by atoms with Crippen LogP contribution in [0.1, 0.15) is 13.8 Å². The highest BCUT2D eigenvalue weighted by atomic mass is 15.1. The minimum Gasteiger partial charge on any atom is -0.310 e. The van der Waals surface area contributed by atoms with Gasteiger partial charge >= 0.3 is 0 Å². The monoisotopic (exact) mass is 884 g/mol. The maximum Gasteiger partial charge on any atom is 0.164 e. The van der Waals surface area contributed by atoms with Gasteiger partial charge in [0.15, 0.2) is 17.5 Å². The summed E-state index contributed by atoms with van der Waals surface area (Å²) in [5.41, 5.74) is 13.0. The summed E-state index contributed by atoms with van der Waals surface area (Å²) < 4.78 is 0. The van der Waals surface area contributed by atoms with Gasteiger partial charge in [0.25, 0.3) is 0 Å². The van der Waals surface area contributed by atoms with Gasteiger partial charge in [-0.25, -0.2) is 15.0 Å². The third kappa shape index (κ3) is 8.41. The van der Waals surface area contributed by atoms with E-state index in [1.54, 1.807) is 0 Å². The summed E-state index contributed by atoms with van der Waals surface area (Å²) in [6.45, 7) is 4.00. The van der Waals surface area contributed by atoms with Crippen molar-refractivity contribution in [2.24, 2.45) is 0 Å². The fourth-order valence-corrected chi connectivity index (χ4v) is 9.45. The second-order valence-electron chi connectivity index (χ2n) is 16.8. The van der Waals surface area contributed by atoms with Gasteiger partial charge in [-0.1, -0.05) is 226 Å². The molecule has 0 saturated heterocycles. The molecule has 328 valence electrons. The molecule has 0 amide bonds. The van der Waals surface area contributed by atoms with Crippen LogP contribution in [0.15, 0.2) is 255 Å². The molecule has 69 heavy (non-hydrogen) atoms. The maximum absolute atomic E-state index is 5.09. The number of hydrogen-bond acceptors (Lipinski definition) is 4. The van der Waals surface area contributed by atoms with Crippen LogP contribution in [-0.4, -0.2) is 15.0 Å². The number of nitrogens with zero attached hydrogens (tertiary/aromatic N) is 4. The molecule has 0 spiro atoms. The lowest BCUT2D eigenvalue weighted by molar-refractivity contribution is 1.07. The molecule has 4 nitrogen and oxygen atoms in total. The molecule has 0 fully saturated rings. The van der Waals surface area contributed by atoms with Gasteiger partial charge in [-0.2, -0.15) is 0 Å². The normalized spacial score (nSPS) is 11.0. The summed E-state index contributed by atoms with van der Waals surface area (Å²) in [5, 5.41) is 7.00. The number of fused-ring (bicyclic) bond motifs is 6. The SMILES string of the molecule is CC.c1ccc(-c2cc(-c3ccccc3)cc(N(c3ccc4c5ccc(-c6nc(-c7ccccc7)nc(-c7ccccc7)n6)cc5c5ccccc5c4c3)c3ccccc3-c3ccccc3)c2)cc1. The second-order valence-corrected chi connectivity index (χ2v) is 16.8. The summed E-state index contributed by atoms with van der Waals surface area (Å²) in [4.78, 5) is 17.6. The third-order valence-electron chi connectivity index (χ3n) is 12.7. The highest BCUT2D eigenvalue weighted by molar-refractivity contribution is 6.26. The van der Waals surface area contributed by atoms with Gasteiger partial charge in [-0.05, 0) is 103 Å². The first-order chi connectivity index (χ1) is 34.2. The minimum atomic E-state index is 0.634. The van der Waals surface area contributed by atoms with Crippen molar-refractivity contribution in [1.29, 1.82) is 0 Å². The molecule has 0 bridgehead atoms. The van der Waals surface area contributed by atoms with E-state index < -0.39 is 0 Å². The molecule has 1 heterocycles. The first-order valence-corrected chi connectivity index (χ1v) is 23.7. The summed E-state index contributed by atoms with van der Waals surface area (Å²) in [7, 11) is 0. The van der Waals surface area contributed by atoms with Crippen molar-refractivity contribution < 1.29 is 0 Å². The van der Waals surface area contributed by atoms with Gasteiger partial charge in [0.05, 0.1) is 5.69 Å². The quantitative estimate of drug-likeness (QED) is 0.135. The van der Waals surface area contributed by atoms with Crippen LogP contribution in [0.5, 0.6) is 0 Å². The largest absolute Gasteiger partial charge is 0.310 e. The van der Waals surface area contributed by atoms with Crippen molar-refractivity contribution in [3.63, 3.8) is 0 Å². The summed E-state index contributed by atoms with van der Waals surface area (Å²) in [6, 6.07) is 90.5. The minimum absolute atomic E-state index is 0.634.